The van der Waals surface area contributed by atoms with Gasteiger partial charge in [-0.3, -0.25) is 0 Å². The normalized spacial score (nSPS) is 11.8. The largest absolute Gasteiger partial charge is 0.382 e. The van der Waals surface area contributed by atoms with Crippen LogP contribution in [-0.4, -0.2) is 14.5 Å². The van der Waals surface area contributed by atoms with Gasteiger partial charge < -0.3 is 16.0 Å². The average Bonchev–Trinajstić information content (AvgIpc) is 2.76. The molecule has 0 atom stereocenters. The lowest BCUT2D eigenvalue weighted by molar-refractivity contribution is 0.538. The Morgan fingerprint density at radius 3 is 2.57 bits per heavy atom. The number of hydrogen-bond acceptors (Lipinski definition) is 4. The number of benzene rings is 1. The van der Waals surface area contributed by atoms with E-state index in [-0.39, 0.29) is 0 Å². The maximum absolute atomic E-state index is 6.12. The second-order valence-corrected chi connectivity index (χ2v) is 5.84. The number of aromatic nitrogens is 3. The molecule has 0 saturated heterocycles. The number of fused-ring (bicyclic) bond motifs is 3. The molecule has 110 valence electrons. The molecular formula is C16H21N5. The van der Waals surface area contributed by atoms with Crippen molar-refractivity contribution in [2.45, 2.75) is 33.7 Å². The Hall–Kier alpha value is -2.30. The van der Waals surface area contributed by atoms with Gasteiger partial charge in [0, 0.05) is 11.9 Å². The lowest BCUT2D eigenvalue weighted by atomic mass is 10.1. The summed E-state index contributed by atoms with van der Waals surface area (Å²) in [6, 6.07) is 6.22. The zero-order valence-corrected chi connectivity index (χ0v) is 12.7. The quantitative estimate of drug-likeness (QED) is 0.774. The molecule has 0 spiro atoms. The van der Waals surface area contributed by atoms with Crippen molar-refractivity contribution in [2.75, 3.05) is 11.5 Å². The minimum Gasteiger partial charge on any atom is -0.382 e. The smallest absolute Gasteiger partial charge is 0.201 e. The molecule has 2 heterocycles. The Balaban J connectivity index is 2.46. The Morgan fingerprint density at radius 1 is 1.14 bits per heavy atom. The number of nitrogens with zero attached hydrogens (tertiary/aromatic N) is 3. The average molecular weight is 283 g/mol. The fraction of sp³-hybridized carbons (Fsp3) is 0.375. The molecule has 21 heavy (non-hydrogen) atoms. The fourth-order valence-corrected chi connectivity index (χ4v) is 2.84. The molecule has 0 bridgehead atoms. The van der Waals surface area contributed by atoms with Gasteiger partial charge in [-0.1, -0.05) is 39.0 Å². The molecule has 5 nitrogen and oxygen atoms in total. The van der Waals surface area contributed by atoms with E-state index in [0.717, 1.165) is 29.4 Å². The molecule has 0 amide bonds. The van der Waals surface area contributed by atoms with Crippen LogP contribution in [0.4, 0.5) is 11.8 Å². The second kappa shape index (κ2) is 4.91. The highest BCUT2D eigenvalue weighted by molar-refractivity contribution is 6.08. The summed E-state index contributed by atoms with van der Waals surface area (Å²) in [4.78, 5) is 8.98. The van der Waals surface area contributed by atoms with E-state index in [9.17, 15) is 0 Å². The van der Waals surface area contributed by atoms with Crippen LogP contribution in [-0.2, 0) is 13.0 Å². The molecular weight excluding hydrogens is 262 g/mol. The number of aryl methyl sites for hydroxylation is 1. The maximum atomic E-state index is 6.12. The van der Waals surface area contributed by atoms with Gasteiger partial charge in [0.25, 0.3) is 0 Å². The first-order valence-electron chi connectivity index (χ1n) is 7.35. The van der Waals surface area contributed by atoms with E-state index in [1.165, 1.54) is 5.56 Å². The zero-order chi connectivity index (χ0) is 15.1. The van der Waals surface area contributed by atoms with Crippen molar-refractivity contribution in [1.82, 2.24) is 14.5 Å². The molecule has 0 radical (unpaired) electrons. The molecule has 3 aromatic rings. The third-order valence-corrected chi connectivity index (χ3v) is 3.78. The SMILES string of the molecule is CCc1cccc2c1nc(N)c1nc(N)n(CC(C)C)c12. The first-order valence-corrected chi connectivity index (χ1v) is 7.35. The summed E-state index contributed by atoms with van der Waals surface area (Å²) in [5, 5.41) is 1.07. The van der Waals surface area contributed by atoms with Crippen molar-refractivity contribution in [2.24, 2.45) is 5.92 Å². The zero-order valence-electron chi connectivity index (χ0n) is 12.7. The molecule has 5 heteroatoms. The third-order valence-electron chi connectivity index (χ3n) is 3.78. The van der Waals surface area contributed by atoms with E-state index in [1.807, 2.05) is 0 Å². The summed E-state index contributed by atoms with van der Waals surface area (Å²) in [6.07, 6.45) is 0.920. The van der Waals surface area contributed by atoms with Crippen LogP contribution in [0.2, 0.25) is 0 Å². The van der Waals surface area contributed by atoms with Gasteiger partial charge >= 0.3 is 0 Å². The molecule has 4 N–H and O–H groups in total. The molecule has 0 aliphatic rings. The molecule has 3 rings (SSSR count). The minimum atomic E-state index is 0.451. The molecule has 0 aliphatic carbocycles. The highest BCUT2D eigenvalue weighted by Gasteiger charge is 2.17. The monoisotopic (exact) mass is 283 g/mol. The first kappa shape index (κ1) is 13.7. The standard InChI is InChI=1S/C16H21N5/c1-4-10-6-5-7-11-12(10)19-15(17)13-14(11)21(8-9(2)3)16(18)20-13/h5-7,9H,4,8H2,1-3H3,(H2,17,19)(H2,18,20). The van der Waals surface area contributed by atoms with Gasteiger partial charge in [0.15, 0.2) is 5.82 Å². The lowest BCUT2D eigenvalue weighted by Gasteiger charge is -2.12. The van der Waals surface area contributed by atoms with Gasteiger partial charge in [-0.25, -0.2) is 9.97 Å². The Morgan fingerprint density at radius 2 is 1.90 bits per heavy atom. The number of pyridine rings is 1. The molecule has 2 aromatic heterocycles. The highest BCUT2D eigenvalue weighted by atomic mass is 15.2. The molecule has 1 aromatic carbocycles. The van der Waals surface area contributed by atoms with Crippen LogP contribution in [0.15, 0.2) is 18.2 Å². The number of para-hydroxylation sites is 1. The predicted octanol–water partition coefficient (Wildman–Crippen LogP) is 2.97. The van der Waals surface area contributed by atoms with E-state index in [2.05, 4.69) is 53.5 Å². The van der Waals surface area contributed by atoms with Crippen molar-refractivity contribution in [1.29, 1.82) is 0 Å². The highest BCUT2D eigenvalue weighted by Crippen LogP contribution is 2.31. The van der Waals surface area contributed by atoms with Gasteiger partial charge in [0.1, 0.15) is 5.52 Å². The maximum Gasteiger partial charge on any atom is 0.201 e. The predicted molar refractivity (Wildman–Crippen MR) is 88.1 cm³/mol. The fourth-order valence-electron chi connectivity index (χ4n) is 2.84. The van der Waals surface area contributed by atoms with E-state index in [1.54, 1.807) is 0 Å². The van der Waals surface area contributed by atoms with Crippen LogP contribution in [0.1, 0.15) is 26.3 Å². The summed E-state index contributed by atoms with van der Waals surface area (Å²) in [7, 11) is 0. The van der Waals surface area contributed by atoms with Gasteiger partial charge in [0.2, 0.25) is 5.95 Å². The summed E-state index contributed by atoms with van der Waals surface area (Å²) in [5.41, 5.74) is 16.1. The van der Waals surface area contributed by atoms with Gasteiger partial charge in [-0.15, -0.1) is 0 Å². The van der Waals surface area contributed by atoms with Crippen LogP contribution >= 0.6 is 0 Å². The Labute approximate surface area is 124 Å². The number of imidazole rings is 1. The summed E-state index contributed by atoms with van der Waals surface area (Å²) < 4.78 is 2.06. The van der Waals surface area contributed by atoms with Crippen LogP contribution in [0.25, 0.3) is 21.9 Å². The first-order chi connectivity index (χ1) is 10.0. The van der Waals surface area contributed by atoms with E-state index >= 15 is 0 Å². The van der Waals surface area contributed by atoms with E-state index < -0.39 is 0 Å². The van der Waals surface area contributed by atoms with Crippen LogP contribution < -0.4 is 11.5 Å². The number of nitrogens with two attached hydrogens (primary N) is 2. The van der Waals surface area contributed by atoms with Crippen molar-refractivity contribution in [3.8, 4) is 0 Å². The van der Waals surface area contributed by atoms with Crippen molar-refractivity contribution < 1.29 is 0 Å². The van der Waals surface area contributed by atoms with Crippen LogP contribution in [0.3, 0.4) is 0 Å². The summed E-state index contributed by atoms with van der Waals surface area (Å²) in [6.45, 7) is 7.26. The molecule has 0 fully saturated rings. The topological polar surface area (TPSA) is 82.8 Å². The van der Waals surface area contributed by atoms with Crippen molar-refractivity contribution in [3.63, 3.8) is 0 Å². The number of rotatable bonds is 3. The van der Waals surface area contributed by atoms with Gasteiger partial charge in [0.05, 0.1) is 11.0 Å². The second-order valence-electron chi connectivity index (χ2n) is 5.84. The molecule has 0 aliphatic heterocycles. The Kier molecular flexibility index (Phi) is 3.20. The minimum absolute atomic E-state index is 0.451. The molecule has 0 unspecified atom stereocenters. The van der Waals surface area contributed by atoms with E-state index in [0.29, 0.717) is 23.2 Å². The Bertz CT molecular complexity index is 816. The third kappa shape index (κ3) is 2.09. The number of nitrogen functional groups attached to an aromatic ring is 2. The lowest BCUT2D eigenvalue weighted by Crippen LogP contribution is -2.08. The summed E-state index contributed by atoms with van der Waals surface area (Å²) >= 11 is 0. The van der Waals surface area contributed by atoms with Crippen molar-refractivity contribution in [3.05, 3.63) is 23.8 Å². The van der Waals surface area contributed by atoms with Gasteiger partial charge in [-0.2, -0.15) is 0 Å². The summed E-state index contributed by atoms with van der Waals surface area (Å²) in [5.74, 6) is 1.43. The van der Waals surface area contributed by atoms with Crippen LogP contribution in [0, 0.1) is 5.92 Å². The number of anilines is 2. The van der Waals surface area contributed by atoms with E-state index in [4.69, 9.17) is 11.5 Å². The van der Waals surface area contributed by atoms with Gasteiger partial charge in [-0.05, 0) is 17.9 Å². The van der Waals surface area contributed by atoms with Crippen molar-refractivity contribution >= 4 is 33.7 Å². The molecule has 0 saturated carbocycles. The number of hydrogen-bond donors (Lipinski definition) is 2. The van der Waals surface area contributed by atoms with Crippen LogP contribution in [0.5, 0.6) is 0 Å².